The number of nitrogens with one attached hydrogen (secondary N) is 1. The minimum atomic E-state index is 0.471. The summed E-state index contributed by atoms with van der Waals surface area (Å²) in [4.78, 5) is 0. The van der Waals surface area contributed by atoms with Gasteiger partial charge in [0.15, 0.2) is 0 Å². The summed E-state index contributed by atoms with van der Waals surface area (Å²) in [7, 11) is 0. The average molecular weight is 257 g/mol. The molecule has 0 aliphatic carbocycles. The van der Waals surface area contributed by atoms with Crippen molar-refractivity contribution in [3.05, 3.63) is 47.8 Å². The lowest BCUT2D eigenvalue weighted by atomic mass is 10.1. The minimum Gasteiger partial charge on any atom is -0.313 e. The van der Waals surface area contributed by atoms with Gasteiger partial charge in [0.05, 0.1) is 11.4 Å². The third-order valence-electron chi connectivity index (χ3n) is 3.16. The molecule has 3 heteroatoms. The van der Waals surface area contributed by atoms with Crippen LogP contribution in [0.25, 0.3) is 5.69 Å². The highest BCUT2D eigenvalue weighted by Crippen LogP contribution is 2.14. The van der Waals surface area contributed by atoms with Crippen LogP contribution in [-0.2, 0) is 6.54 Å². The molecule has 1 aromatic carbocycles. The molecule has 0 aliphatic heterocycles. The van der Waals surface area contributed by atoms with Gasteiger partial charge in [-0.1, -0.05) is 32.9 Å². The SMILES string of the molecule is CCCNCc1ccc(-n2ccc(C(C)C)n2)cc1. The largest absolute Gasteiger partial charge is 0.313 e. The molecule has 19 heavy (non-hydrogen) atoms. The molecule has 3 nitrogen and oxygen atoms in total. The Morgan fingerprint density at radius 3 is 2.47 bits per heavy atom. The second kappa shape index (κ2) is 6.53. The summed E-state index contributed by atoms with van der Waals surface area (Å²) in [5.41, 5.74) is 3.56. The van der Waals surface area contributed by atoms with Gasteiger partial charge in [-0.25, -0.2) is 4.68 Å². The van der Waals surface area contributed by atoms with Crippen LogP contribution in [0.3, 0.4) is 0 Å². The highest BCUT2D eigenvalue weighted by Gasteiger charge is 2.04. The molecule has 1 aromatic heterocycles. The molecule has 0 atom stereocenters. The molecular formula is C16H23N3. The highest BCUT2D eigenvalue weighted by molar-refractivity contribution is 5.34. The van der Waals surface area contributed by atoms with E-state index in [1.54, 1.807) is 0 Å². The zero-order valence-electron chi connectivity index (χ0n) is 12.1. The lowest BCUT2D eigenvalue weighted by Crippen LogP contribution is -2.13. The smallest absolute Gasteiger partial charge is 0.0654 e. The van der Waals surface area contributed by atoms with Crippen molar-refractivity contribution >= 4 is 0 Å². The first-order valence-electron chi connectivity index (χ1n) is 7.06. The Balaban J connectivity index is 2.04. The topological polar surface area (TPSA) is 29.9 Å². The first-order valence-corrected chi connectivity index (χ1v) is 7.06. The van der Waals surface area contributed by atoms with E-state index in [-0.39, 0.29) is 0 Å². The minimum absolute atomic E-state index is 0.471. The van der Waals surface area contributed by atoms with Gasteiger partial charge in [-0.15, -0.1) is 0 Å². The summed E-state index contributed by atoms with van der Waals surface area (Å²) in [6, 6.07) is 10.7. The Labute approximate surface area is 115 Å². The molecule has 0 bridgehead atoms. The van der Waals surface area contributed by atoms with E-state index in [1.165, 1.54) is 12.0 Å². The van der Waals surface area contributed by atoms with E-state index in [4.69, 9.17) is 0 Å². The number of hydrogen-bond donors (Lipinski definition) is 1. The zero-order valence-corrected chi connectivity index (χ0v) is 12.1. The summed E-state index contributed by atoms with van der Waals surface area (Å²) in [6.45, 7) is 8.51. The molecule has 2 rings (SSSR count). The molecule has 1 N–H and O–H groups in total. The maximum Gasteiger partial charge on any atom is 0.0654 e. The van der Waals surface area contributed by atoms with Gasteiger partial charge in [0.1, 0.15) is 0 Å². The Morgan fingerprint density at radius 2 is 1.89 bits per heavy atom. The van der Waals surface area contributed by atoms with Crippen LogP contribution in [0.1, 0.15) is 44.4 Å². The Kier molecular flexibility index (Phi) is 4.74. The predicted molar refractivity (Wildman–Crippen MR) is 79.7 cm³/mol. The average Bonchev–Trinajstić information content (AvgIpc) is 2.90. The molecular weight excluding hydrogens is 234 g/mol. The van der Waals surface area contributed by atoms with Gasteiger partial charge in [0.2, 0.25) is 0 Å². The third-order valence-corrected chi connectivity index (χ3v) is 3.16. The van der Waals surface area contributed by atoms with Crippen molar-refractivity contribution in [2.45, 2.75) is 39.7 Å². The second-order valence-electron chi connectivity index (χ2n) is 5.18. The fraction of sp³-hybridized carbons (Fsp3) is 0.438. The van der Waals surface area contributed by atoms with Crippen molar-refractivity contribution in [1.29, 1.82) is 0 Å². The summed E-state index contributed by atoms with van der Waals surface area (Å²) >= 11 is 0. The molecule has 1 heterocycles. The fourth-order valence-electron chi connectivity index (χ4n) is 1.97. The molecule has 102 valence electrons. The van der Waals surface area contributed by atoms with E-state index < -0.39 is 0 Å². The number of hydrogen-bond acceptors (Lipinski definition) is 2. The number of nitrogens with zero attached hydrogens (tertiary/aromatic N) is 2. The zero-order chi connectivity index (χ0) is 13.7. The lowest BCUT2D eigenvalue weighted by molar-refractivity contribution is 0.675. The van der Waals surface area contributed by atoms with Crippen LogP contribution in [0, 0.1) is 0 Å². The quantitative estimate of drug-likeness (QED) is 0.803. The summed E-state index contributed by atoms with van der Waals surface area (Å²) in [6.07, 6.45) is 3.20. The summed E-state index contributed by atoms with van der Waals surface area (Å²) in [5, 5.41) is 7.99. The lowest BCUT2D eigenvalue weighted by Gasteiger charge is -2.06. The highest BCUT2D eigenvalue weighted by atomic mass is 15.3. The molecule has 0 aliphatic rings. The first kappa shape index (κ1) is 13.8. The number of benzene rings is 1. The van der Waals surface area contributed by atoms with Crippen molar-refractivity contribution in [1.82, 2.24) is 15.1 Å². The molecule has 0 radical (unpaired) electrons. The van der Waals surface area contributed by atoms with Crippen LogP contribution in [0.2, 0.25) is 0 Å². The predicted octanol–water partition coefficient (Wildman–Crippen LogP) is 3.50. The van der Waals surface area contributed by atoms with Crippen LogP contribution in [-0.4, -0.2) is 16.3 Å². The molecule has 2 aromatic rings. The molecule has 0 amide bonds. The Hall–Kier alpha value is -1.61. The van der Waals surface area contributed by atoms with Crippen LogP contribution in [0.5, 0.6) is 0 Å². The van der Waals surface area contributed by atoms with E-state index in [9.17, 15) is 0 Å². The molecule has 0 fully saturated rings. The molecule has 0 spiro atoms. The van der Waals surface area contributed by atoms with Crippen molar-refractivity contribution in [2.24, 2.45) is 0 Å². The Morgan fingerprint density at radius 1 is 1.16 bits per heavy atom. The number of rotatable bonds is 6. The molecule has 0 unspecified atom stereocenters. The Bertz CT molecular complexity index is 497. The van der Waals surface area contributed by atoms with Crippen molar-refractivity contribution in [3.63, 3.8) is 0 Å². The summed E-state index contributed by atoms with van der Waals surface area (Å²) in [5.74, 6) is 0.471. The van der Waals surface area contributed by atoms with Crippen LogP contribution >= 0.6 is 0 Å². The van der Waals surface area contributed by atoms with Crippen LogP contribution in [0.15, 0.2) is 36.5 Å². The van der Waals surface area contributed by atoms with E-state index >= 15 is 0 Å². The third kappa shape index (κ3) is 3.67. The van der Waals surface area contributed by atoms with Crippen molar-refractivity contribution < 1.29 is 0 Å². The van der Waals surface area contributed by atoms with Gasteiger partial charge in [-0.2, -0.15) is 5.10 Å². The van der Waals surface area contributed by atoms with Gasteiger partial charge in [-0.3, -0.25) is 0 Å². The summed E-state index contributed by atoms with van der Waals surface area (Å²) < 4.78 is 1.94. The van der Waals surface area contributed by atoms with Crippen molar-refractivity contribution in [3.8, 4) is 5.69 Å². The normalized spacial score (nSPS) is 11.2. The van der Waals surface area contributed by atoms with E-state index in [2.05, 4.69) is 61.5 Å². The van der Waals surface area contributed by atoms with Gasteiger partial charge in [0.25, 0.3) is 0 Å². The van der Waals surface area contributed by atoms with Gasteiger partial charge in [0, 0.05) is 12.7 Å². The van der Waals surface area contributed by atoms with Gasteiger partial charge < -0.3 is 5.32 Å². The van der Waals surface area contributed by atoms with E-state index in [0.717, 1.165) is 24.5 Å². The monoisotopic (exact) mass is 257 g/mol. The van der Waals surface area contributed by atoms with Crippen LogP contribution in [0.4, 0.5) is 0 Å². The van der Waals surface area contributed by atoms with Crippen molar-refractivity contribution in [2.75, 3.05) is 6.54 Å². The van der Waals surface area contributed by atoms with E-state index in [0.29, 0.717) is 5.92 Å². The standard InChI is InChI=1S/C16H23N3/c1-4-10-17-12-14-5-7-15(8-6-14)19-11-9-16(18-19)13(2)3/h5-9,11,13,17H,4,10,12H2,1-3H3. The maximum atomic E-state index is 4.59. The molecule has 0 saturated heterocycles. The van der Waals surface area contributed by atoms with E-state index in [1.807, 2.05) is 10.9 Å². The second-order valence-corrected chi connectivity index (χ2v) is 5.18. The first-order chi connectivity index (χ1) is 9.20. The fourth-order valence-corrected chi connectivity index (χ4v) is 1.97. The van der Waals surface area contributed by atoms with Gasteiger partial charge >= 0.3 is 0 Å². The maximum absolute atomic E-state index is 4.59. The van der Waals surface area contributed by atoms with Crippen LogP contribution < -0.4 is 5.32 Å². The number of aromatic nitrogens is 2. The molecule has 0 saturated carbocycles. The van der Waals surface area contributed by atoms with Gasteiger partial charge in [-0.05, 0) is 42.6 Å².